The third-order valence-electron chi connectivity index (χ3n) is 3.54. The van der Waals surface area contributed by atoms with E-state index in [1.165, 1.54) is 0 Å². The lowest BCUT2D eigenvalue weighted by molar-refractivity contribution is 0.0953. The molecular weight excluding hydrogens is 276 g/mol. The summed E-state index contributed by atoms with van der Waals surface area (Å²) < 4.78 is 0. The fourth-order valence-corrected chi connectivity index (χ4v) is 2.06. The molecule has 122 valence electrons. The highest BCUT2D eigenvalue weighted by atomic mass is 16.1. The predicted octanol–water partition coefficient (Wildman–Crippen LogP) is 2.37. The number of guanidine groups is 1. The lowest BCUT2D eigenvalue weighted by Gasteiger charge is -2.19. The first-order chi connectivity index (χ1) is 10.6. The molecule has 0 fully saturated rings. The molecule has 0 heterocycles. The summed E-state index contributed by atoms with van der Waals surface area (Å²) >= 11 is 0. The molecule has 0 spiro atoms. The molecule has 1 aromatic rings. The van der Waals surface area contributed by atoms with Crippen LogP contribution < -0.4 is 11.1 Å². The van der Waals surface area contributed by atoms with E-state index in [1.807, 2.05) is 29.2 Å². The van der Waals surface area contributed by atoms with Crippen LogP contribution in [-0.4, -0.2) is 36.4 Å². The fraction of sp³-hybridized carbons (Fsp3) is 0.529. The summed E-state index contributed by atoms with van der Waals surface area (Å²) in [5, 5.41) is 2.91. The van der Waals surface area contributed by atoms with E-state index in [0.29, 0.717) is 18.1 Å². The molecule has 3 N–H and O–H groups in total. The van der Waals surface area contributed by atoms with Crippen LogP contribution >= 0.6 is 0 Å². The Balaban J connectivity index is 2.58. The summed E-state index contributed by atoms with van der Waals surface area (Å²) in [7, 11) is 0. The number of carbonyl (C=O) groups excluding carboxylic acids is 1. The second-order valence-electron chi connectivity index (χ2n) is 5.15. The summed E-state index contributed by atoms with van der Waals surface area (Å²) in [5.41, 5.74) is 7.67. The molecule has 0 saturated heterocycles. The van der Waals surface area contributed by atoms with E-state index >= 15 is 0 Å². The Morgan fingerprint density at radius 1 is 1.18 bits per heavy atom. The average molecular weight is 304 g/mol. The van der Waals surface area contributed by atoms with Crippen LogP contribution in [0.4, 0.5) is 0 Å². The maximum Gasteiger partial charge on any atom is 0.251 e. The molecule has 0 aromatic heterocycles. The lowest BCUT2D eigenvalue weighted by atomic mass is 10.1. The van der Waals surface area contributed by atoms with Crippen LogP contribution in [0.2, 0.25) is 0 Å². The van der Waals surface area contributed by atoms with Crippen molar-refractivity contribution in [3.63, 3.8) is 0 Å². The van der Waals surface area contributed by atoms with Crippen LogP contribution in [0.5, 0.6) is 0 Å². The van der Waals surface area contributed by atoms with E-state index in [2.05, 4.69) is 31.1 Å². The molecule has 1 amide bonds. The van der Waals surface area contributed by atoms with Gasteiger partial charge in [-0.25, -0.2) is 4.99 Å². The Kier molecular flexibility index (Phi) is 8.04. The number of unbranched alkanes of at least 4 members (excludes halogenated alkanes) is 1. The van der Waals surface area contributed by atoms with Crippen molar-refractivity contribution in [3.8, 4) is 0 Å². The Morgan fingerprint density at radius 3 is 2.36 bits per heavy atom. The van der Waals surface area contributed by atoms with Crippen molar-refractivity contribution in [2.75, 3.05) is 19.6 Å². The SMILES string of the molecule is CCCCNC(=O)c1ccc(CN=C(N)N(CC)CC)cc1. The highest BCUT2D eigenvalue weighted by molar-refractivity contribution is 5.94. The maximum absolute atomic E-state index is 11.9. The van der Waals surface area contributed by atoms with E-state index in [-0.39, 0.29) is 5.91 Å². The zero-order chi connectivity index (χ0) is 16.4. The first kappa shape index (κ1) is 18.0. The van der Waals surface area contributed by atoms with Crippen molar-refractivity contribution < 1.29 is 4.79 Å². The Hall–Kier alpha value is -2.04. The minimum atomic E-state index is -0.0221. The van der Waals surface area contributed by atoms with Gasteiger partial charge in [-0.15, -0.1) is 0 Å². The second kappa shape index (κ2) is 9.82. The normalized spacial score (nSPS) is 11.3. The Morgan fingerprint density at radius 2 is 1.82 bits per heavy atom. The molecule has 0 radical (unpaired) electrons. The molecule has 0 aliphatic heterocycles. The van der Waals surface area contributed by atoms with Crippen LogP contribution in [0.3, 0.4) is 0 Å². The summed E-state index contributed by atoms with van der Waals surface area (Å²) in [6.07, 6.45) is 2.08. The average Bonchev–Trinajstić information content (AvgIpc) is 2.54. The number of nitrogens with one attached hydrogen (secondary N) is 1. The summed E-state index contributed by atoms with van der Waals surface area (Å²) in [5.74, 6) is 0.539. The largest absolute Gasteiger partial charge is 0.370 e. The van der Waals surface area contributed by atoms with Crippen molar-refractivity contribution in [2.45, 2.75) is 40.2 Å². The van der Waals surface area contributed by atoms with Gasteiger partial charge in [0.1, 0.15) is 0 Å². The highest BCUT2D eigenvalue weighted by Crippen LogP contribution is 2.06. The standard InChI is InChI=1S/C17H28N4O/c1-4-7-12-19-16(22)15-10-8-14(9-11-15)13-20-17(18)21(5-2)6-3/h8-11H,4-7,12-13H2,1-3H3,(H2,18,20)(H,19,22). The zero-order valence-corrected chi connectivity index (χ0v) is 13.9. The number of benzene rings is 1. The first-order valence-corrected chi connectivity index (χ1v) is 8.04. The molecule has 0 atom stereocenters. The van der Waals surface area contributed by atoms with Gasteiger partial charge in [-0.05, 0) is 38.0 Å². The van der Waals surface area contributed by atoms with Gasteiger partial charge in [0.25, 0.3) is 5.91 Å². The van der Waals surface area contributed by atoms with Gasteiger partial charge in [-0.3, -0.25) is 4.79 Å². The first-order valence-electron chi connectivity index (χ1n) is 8.04. The molecule has 1 aromatic carbocycles. The number of hydrogen-bond donors (Lipinski definition) is 2. The number of amides is 1. The van der Waals surface area contributed by atoms with Gasteiger partial charge in [0.15, 0.2) is 5.96 Å². The predicted molar refractivity (Wildman–Crippen MR) is 91.9 cm³/mol. The molecule has 0 aliphatic carbocycles. The summed E-state index contributed by atoms with van der Waals surface area (Å²) in [6, 6.07) is 7.51. The third-order valence-corrected chi connectivity index (χ3v) is 3.54. The minimum Gasteiger partial charge on any atom is -0.370 e. The third kappa shape index (κ3) is 5.76. The van der Waals surface area contributed by atoms with Gasteiger partial charge in [-0.2, -0.15) is 0 Å². The number of rotatable bonds is 8. The van der Waals surface area contributed by atoms with E-state index in [0.717, 1.165) is 38.0 Å². The van der Waals surface area contributed by atoms with Crippen LogP contribution in [-0.2, 0) is 6.54 Å². The molecule has 5 heteroatoms. The van der Waals surface area contributed by atoms with Crippen molar-refractivity contribution in [1.29, 1.82) is 0 Å². The summed E-state index contributed by atoms with van der Waals surface area (Å²) in [4.78, 5) is 18.3. The van der Waals surface area contributed by atoms with Gasteiger partial charge in [-0.1, -0.05) is 25.5 Å². The molecule has 22 heavy (non-hydrogen) atoms. The van der Waals surface area contributed by atoms with E-state index in [9.17, 15) is 4.79 Å². The quantitative estimate of drug-likeness (QED) is 0.440. The Labute approximate surface area is 133 Å². The number of hydrogen-bond acceptors (Lipinski definition) is 2. The molecule has 0 aliphatic rings. The number of nitrogens with zero attached hydrogens (tertiary/aromatic N) is 2. The van der Waals surface area contributed by atoms with Crippen LogP contribution in [0, 0.1) is 0 Å². The van der Waals surface area contributed by atoms with Crippen molar-refractivity contribution in [1.82, 2.24) is 10.2 Å². The molecule has 5 nitrogen and oxygen atoms in total. The van der Waals surface area contributed by atoms with Gasteiger partial charge in [0.05, 0.1) is 6.54 Å². The Bertz CT molecular complexity index is 478. The van der Waals surface area contributed by atoms with E-state index in [4.69, 9.17) is 5.73 Å². The van der Waals surface area contributed by atoms with Gasteiger partial charge < -0.3 is 16.0 Å². The second-order valence-corrected chi connectivity index (χ2v) is 5.15. The van der Waals surface area contributed by atoms with Crippen molar-refractivity contribution in [3.05, 3.63) is 35.4 Å². The molecule has 0 saturated carbocycles. The summed E-state index contributed by atoms with van der Waals surface area (Å²) in [6.45, 7) is 9.16. The van der Waals surface area contributed by atoms with Crippen LogP contribution in [0.25, 0.3) is 0 Å². The van der Waals surface area contributed by atoms with Crippen LogP contribution in [0.15, 0.2) is 29.3 Å². The molecular formula is C17H28N4O. The monoisotopic (exact) mass is 304 g/mol. The van der Waals surface area contributed by atoms with Gasteiger partial charge >= 0.3 is 0 Å². The lowest BCUT2D eigenvalue weighted by Crippen LogP contribution is -2.37. The highest BCUT2D eigenvalue weighted by Gasteiger charge is 2.05. The van der Waals surface area contributed by atoms with Crippen LogP contribution in [0.1, 0.15) is 49.5 Å². The smallest absolute Gasteiger partial charge is 0.251 e. The topological polar surface area (TPSA) is 70.7 Å². The molecule has 0 unspecified atom stereocenters. The van der Waals surface area contributed by atoms with E-state index < -0.39 is 0 Å². The molecule has 0 bridgehead atoms. The number of carbonyl (C=O) groups is 1. The van der Waals surface area contributed by atoms with Gasteiger partial charge in [0, 0.05) is 25.2 Å². The maximum atomic E-state index is 11.9. The molecule has 1 rings (SSSR count). The van der Waals surface area contributed by atoms with Crippen molar-refractivity contribution in [2.24, 2.45) is 10.7 Å². The van der Waals surface area contributed by atoms with E-state index in [1.54, 1.807) is 0 Å². The van der Waals surface area contributed by atoms with Gasteiger partial charge in [0.2, 0.25) is 0 Å². The minimum absolute atomic E-state index is 0.0221. The fourth-order valence-electron chi connectivity index (χ4n) is 2.06. The van der Waals surface area contributed by atoms with Crippen molar-refractivity contribution >= 4 is 11.9 Å². The number of nitrogens with two attached hydrogens (primary N) is 1. The zero-order valence-electron chi connectivity index (χ0n) is 13.9. The number of aliphatic imine (C=N–C) groups is 1.